The summed E-state index contributed by atoms with van der Waals surface area (Å²) in [6, 6.07) is 11.0. The fourth-order valence-corrected chi connectivity index (χ4v) is 2.54. The maximum atomic E-state index is 12.2. The van der Waals surface area contributed by atoms with Crippen molar-refractivity contribution in [2.45, 2.75) is 6.54 Å². The SMILES string of the molecule is COc1ccc(CNC(=O)c2ccc(I)cc2)c(OC)c1OC. The lowest BCUT2D eigenvalue weighted by Crippen LogP contribution is -2.23. The topological polar surface area (TPSA) is 56.8 Å². The predicted octanol–water partition coefficient (Wildman–Crippen LogP) is 3.25. The highest BCUT2D eigenvalue weighted by atomic mass is 127. The molecule has 0 bridgehead atoms. The molecule has 2 aromatic carbocycles. The molecule has 0 radical (unpaired) electrons. The van der Waals surface area contributed by atoms with Crippen LogP contribution in [0.2, 0.25) is 0 Å². The number of nitrogens with one attached hydrogen (secondary N) is 1. The van der Waals surface area contributed by atoms with E-state index in [1.165, 1.54) is 0 Å². The highest BCUT2D eigenvalue weighted by Gasteiger charge is 2.16. The van der Waals surface area contributed by atoms with E-state index in [0.717, 1.165) is 9.13 Å². The third-order valence-corrected chi connectivity index (χ3v) is 4.05. The van der Waals surface area contributed by atoms with Gasteiger partial charge in [-0.2, -0.15) is 0 Å². The third-order valence-electron chi connectivity index (χ3n) is 3.33. The number of methoxy groups -OCH3 is 3. The second-order valence-corrected chi connectivity index (χ2v) is 5.93. The Kier molecular flexibility index (Phi) is 6.09. The van der Waals surface area contributed by atoms with Crippen molar-refractivity contribution < 1.29 is 19.0 Å². The Bertz CT molecular complexity index is 686. The van der Waals surface area contributed by atoms with Crippen molar-refractivity contribution in [3.8, 4) is 17.2 Å². The Morgan fingerprint density at radius 1 is 0.957 bits per heavy atom. The number of ether oxygens (including phenoxy) is 3. The van der Waals surface area contributed by atoms with Gasteiger partial charge >= 0.3 is 0 Å². The zero-order valence-corrected chi connectivity index (χ0v) is 15.3. The molecule has 2 aromatic rings. The summed E-state index contributed by atoms with van der Waals surface area (Å²) in [5.41, 5.74) is 1.42. The molecule has 122 valence electrons. The van der Waals surface area contributed by atoms with Crippen LogP contribution in [0, 0.1) is 3.57 Å². The smallest absolute Gasteiger partial charge is 0.251 e. The third kappa shape index (κ3) is 4.07. The van der Waals surface area contributed by atoms with Gasteiger partial charge in [-0.05, 0) is 59.0 Å². The minimum Gasteiger partial charge on any atom is -0.493 e. The van der Waals surface area contributed by atoms with E-state index in [2.05, 4.69) is 27.9 Å². The fraction of sp³-hybridized carbons (Fsp3) is 0.235. The Balaban J connectivity index is 2.17. The molecule has 0 saturated heterocycles. The van der Waals surface area contributed by atoms with Crippen molar-refractivity contribution >= 4 is 28.5 Å². The Morgan fingerprint density at radius 3 is 2.17 bits per heavy atom. The molecule has 0 atom stereocenters. The molecule has 0 aliphatic carbocycles. The van der Waals surface area contributed by atoms with Gasteiger partial charge in [-0.25, -0.2) is 0 Å². The quantitative estimate of drug-likeness (QED) is 0.720. The van der Waals surface area contributed by atoms with Gasteiger partial charge in [0.05, 0.1) is 21.3 Å². The van der Waals surface area contributed by atoms with E-state index in [-0.39, 0.29) is 5.91 Å². The maximum absolute atomic E-state index is 12.2. The molecule has 0 heterocycles. The van der Waals surface area contributed by atoms with Gasteiger partial charge in [0.25, 0.3) is 5.91 Å². The first-order chi connectivity index (χ1) is 11.1. The van der Waals surface area contributed by atoms with Crippen LogP contribution in [0.5, 0.6) is 17.2 Å². The van der Waals surface area contributed by atoms with E-state index in [0.29, 0.717) is 29.4 Å². The van der Waals surface area contributed by atoms with Gasteiger partial charge in [-0.15, -0.1) is 0 Å². The minimum atomic E-state index is -0.141. The molecule has 0 aliphatic heterocycles. The van der Waals surface area contributed by atoms with Gasteiger partial charge in [0.2, 0.25) is 5.75 Å². The first kappa shape index (κ1) is 17.4. The van der Waals surface area contributed by atoms with Crippen molar-refractivity contribution in [1.82, 2.24) is 5.32 Å². The molecule has 0 unspecified atom stereocenters. The lowest BCUT2D eigenvalue weighted by Gasteiger charge is -2.16. The predicted molar refractivity (Wildman–Crippen MR) is 96.4 cm³/mol. The van der Waals surface area contributed by atoms with Gasteiger partial charge in [-0.1, -0.05) is 0 Å². The van der Waals surface area contributed by atoms with Crippen molar-refractivity contribution in [2.75, 3.05) is 21.3 Å². The highest BCUT2D eigenvalue weighted by molar-refractivity contribution is 14.1. The fourth-order valence-electron chi connectivity index (χ4n) is 2.18. The number of benzene rings is 2. The van der Waals surface area contributed by atoms with Crippen LogP contribution in [-0.2, 0) is 6.54 Å². The van der Waals surface area contributed by atoms with E-state index in [1.807, 2.05) is 18.2 Å². The zero-order chi connectivity index (χ0) is 16.8. The molecular formula is C17H18INO4. The summed E-state index contributed by atoms with van der Waals surface area (Å²) in [6.07, 6.45) is 0. The van der Waals surface area contributed by atoms with Gasteiger partial charge in [-0.3, -0.25) is 4.79 Å². The Morgan fingerprint density at radius 2 is 1.61 bits per heavy atom. The summed E-state index contributed by atoms with van der Waals surface area (Å²) in [7, 11) is 4.67. The summed E-state index contributed by atoms with van der Waals surface area (Å²) in [5, 5.41) is 2.88. The van der Waals surface area contributed by atoms with Crippen LogP contribution in [0.4, 0.5) is 0 Å². The number of hydrogen-bond donors (Lipinski definition) is 1. The van der Waals surface area contributed by atoms with Gasteiger partial charge < -0.3 is 19.5 Å². The normalized spacial score (nSPS) is 10.1. The number of carbonyl (C=O) groups is 1. The second-order valence-electron chi connectivity index (χ2n) is 4.68. The summed E-state index contributed by atoms with van der Waals surface area (Å²) in [6.45, 7) is 0.328. The number of halogens is 1. The minimum absolute atomic E-state index is 0.141. The standard InChI is InChI=1S/C17H18INO4/c1-21-14-9-6-12(15(22-2)16(14)23-3)10-19-17(20)11-4-7-13(18)8-5-11/h4-9H,10H2,1-3H3,(H,19,20). The van der Waals surface area contributed by atoms with E-state index < -0.39 is 0 Å². The van der Waals surface area contributed by atoms with Gasteiger partial charge in [0, 0.05) is 21.2 Å². The van der Waals surface area contributed by atoms with Gasteiger partial charge in [0.15, 0.2) is 11.5 Å². The zero-order valence-electron chi connectivity index (χ0n) is 13.2. The van der Waals surface area contributed by atoms with E-state index in [9.17, 15) is 4.79 Å². The Labute approximate surface area is 149 Å². The molecule has 0 aliphatic rings. The number of carbonyl (C=O) groups excluding carboxylic acids is 1. The molecule has 0 spiro atoms. The number of rotatable bonds is 6. The molecule has 2 rings (SSSR count). The molecule has 23 heavy (non-hydrogen) atoms. The maximum Gasteiger partial charge on any atom is 0.251 e. The summed E-state index contributed by atoms with van der Waals surface area (Å²) >= 11 is 2.20. The van der Waals surface area contributed by atoms with Crippen LogP contribution in [0.15, 0.2) is 36.4 Å². The first-order valence-corrected chi connectivity index (χ1v) is 8.00. The largest absolute Gasteiger partial charge is 0.493 e. The molecule has 0 saturated carbocycles. The van der Waals surface area contributed by atoms with E-state index in [4.69, 9.17) is 14.2 Å². The van der Waals surface area contributed by atoms with Crippen LogP contribution < -0.4 is 19.5 Å². The van der Waals surface area contributed by atoms with E-state index >= 15 is 0 Å². The molecule has 5 nitrogen and oxygen atoms in total. The lowest BCUT2D eigenvalue weighted by atomic mass is 10.1. The average molecular weight is 427 g/mol. The summed E-state index contributed by atoms with van der Waals surface area (Å²) in [5.74, 6) is 1.50. The monoisotopic (exact) mass is 427 g/mol. The van der Waals surface area contributed by atoms with Crippen LogP contribution in [0.1, 0.15) is 15.9 Å². The first-order valence-electron chi connectivity index (χ1n) is 6.92. The van der Waals surface area contributed by atoms with Crippen LogP contribution in [0.3, 0.4) is 0 Å². The summed E-state index contributed by atoms with van der Waals surface area (Å²) < 4.78 is 17.1. The highest BCUT2D eigenvalue weighted by Crippen LogP contribution is 2.39. The molecule has 6 heteroatoms. The van der Waals surface area contributed by atoms with Crippen LogP contribution in [-0.4, -0.2) is 27.2 Å². The molecule has 0 fully saturated rings. The molecule has 1 amide bonds. The van der Waals surface area contributed by atoms with Crippen molar-refractivity contribution in [1.29, 1.82) is 0 Å². The average Bonchev–Trinajstić information content (AvgIpc) is 2.59. The van der Waals surface area contributed by atoms with Crippen molar-refractivity contribution in [3.05, 3.63) is 51.1 Å². The van der Waals surface area contributed by atoms with E-state index in [1.54, 1.807) is 39.5 Å². The molecular weight excluding hydrogens is 409 g/mol. The molecule has 0 aromatic heterocycles. The van der Waals surface area contributed by atoms with Crippen molar-refractivity contribution in [3.63, 3.8) is 0 Å². The number of amides is 1. The second kappa shape index (κ2) is 8.05. The lowest BCUT2D eigenvalue weighted by molar-refractivity contribution is 0.0950. The molecule has 1 N–H and O–H groups in total. The number of hydrogen-bond acceptors (Lipinski definition) is 4. The summed E-state index contributed by atoms with van der Waals surface area (Å²) in [4.78, 5) is 12.2. The van der Waals surface area contributed by atoms with Crippen molar-refractivity contribution in [2.24, 2.45) is 0 Å². The van der Waals surface area contributed by atoms with Crippen LogP contribution in [0.25, 0.3) is 0 Å². The van der Waals surface area contributed by atoms with Crippen LogP contribution >= 0.6 is 22.6 Å². The van der Waals surface area contributed by atoms with Gasteiger partial charge in [0.1, 0.15) is 0 Å². The Hall–Kier alpha value is -1.96.